The van der Waals surface area contributed by atoms with Gasteiger partial charge in [-0.1, -0.05) is 26.8 Å². The van der Waals surface area contributed by atoms with Crippen molar-refractivity contribution < 1.29 is 0 Å². The number of likely N-dealkylation sites (tertiary alicyclic amines) is 1. The van der Waals surface area contributed by atoms with Gasteiger partial charge >= 0.3 is 0 Å². The Morgan fingerprint density at radius 1 is 1.10 bits per heavy atom. The minimum Gasteiger partial charge on any atom is -0.356 e. The number of thiophene rings is 1. The van der Waals surface area contributed by atoms with Crippen molar-refractivity contribution in [1.82, 2.24) is 25.3 Å². The first kappa shape index (κ1) is 24.5. The summed E-state index contributed by atoms with van der Waals surface area (Å²) in [7, 11) is 1.88. The predicted octanol–water partition coefficient (Wildman–Crippen LogP) is 2.96. The lowest BCUT2D eigenvalue weighted by Crippen LogP contribution is -2.49. The van der Waals surface area contributed by atoms with Crippen LogP contribution in [0.15, 0.2) is 22.5 Å². The second kappa shape index (κ2) is 12.8. The van der Waals surface area contributed by atoms with E-state index in [0.29, 0.717) is 12.0 Å². The zero-order valence-corrected chi connectivity index (χ0v) is 21.0. The van der Waals surface area contributed by atoms with E-state index in [-0.39, 0.29) is 0 Å². The summed E-state index contributed by atoms with van der Waals surface area (Å²) in [5.41, 5.74) is 0. The smallest absolute Gasteiger partial charge is 0.191 e. The molecule has 2 aliphatic heterocycles. The van der Waals surface area contributed by atoms with Crippen molar-refractivity contribution in [2.45, 2.75) is 39.7 Å². The predicted molar refractivity (Wildman–Crippen MR) is 134 cm³/mol. The fourth-order valence-corrected chi connectivity index (χ4v) is 5.57. The molecule has 0 saturated carbocycles. The van der Waals surface area contributed by atoms with E-state index < -0.39 is 0 Å². The topological polar surface area (TPSA) is 46.1 Å². The quantitative estimate of drug-likeness (QED) is 0.449. The fraction of sp³-hybridized carbons (Fsp3) is 0.792. The number of hydrogen-bond donors (Lipinski definition) is 2. The van der Waals surface area contributed by atoms with Gasteiger partial charge in [0.15, 0.2) is 5.96 Å². The molecule has 3 heterocycles. The first-order chi connectivity index (χ1) is 15.1. The average molecular weight is 449 g/mol. The maximum atomic E-state index is 4.50. The first-order valence-electron chi connectivity index (χ1n) is 12.3. The molecule has 0 spiro atoms. The van der Waals surface area contributed by atoms with Gasteiger partial charge in [-0.05, 0) is 55.8 Å². The van der Waals surface area contributed by atoms with Crippen LogP contribution < -0.4 is 10.6 Å². The van der Waals surface area contributed by atoms with Gasteiger partial charge in [0.2, 0.25) is 0 Å². The van der Waals surface area contributed by atoms with Crippen LogP contribution in [0.1, 0.15) is 44.5 Å². The molecule has 0 radical (unpaired) electrons. The molecule has 1 aromatic heterocycles. The lowest BCUT2D eigenvalue weighted by Gasteiger charge is -2.36. The van der Waals surface area contributed by atoms with Gasteiger partial charge < -0.3 is 20.4 Å². The minimum absolute atomic E-state index is 0.429. The Labute approximate surface area is 194 Å². The molecule has 6 nitrogen and oxygen atoms in total. The Morgan fingerprint density at radius 3 is 2.39 bits per heavy atom. The zero-order chi connectivity index (χ0) is 22.1. The highest BCUT2D eigenvalue weighted by Gasteiger charge is 2.25. The highest BCUT2D eigenvalue weighted by Crippen LogP contribution is 2.29. The number of nitrogens with zero attached hydrogens (tertiary/aromatic N) is 4. The second-order valence-corrected chi connectivity index (χ2v) is 10.4. The first-order valence-corrected chi connectivity index (χ1v) is 13.1. The van der Waals surface area contributed by atoms with E-state index in [1.165, 1.54) is 63.5 Å². The van der Waals surface area contributed by atoms with Crippen LogP contribution in [0.2, 0.25) is 0 Å². The molecule has 0 aliphatic carbocycles. The highest BCUT2D eigenvalue weighted by atomic mass is 32.1. The van der Waals surface area contributed by atoms with Crippen molar-refractivity contribution in [2.75, 3.05) is 72.5 Å². The van der Waals surface area contributed by atoms with Crippen molar-refractivity contribution in [3.63, 3.8) is 0 Å². The van der Waals surface area contributed by atoms with E-state index in [1.54, 1.807) is 0 Å². The number of likely N-dealkylation sites (N-methyl/N-ethyl adjacent to an activating group) is 1. The SMILES string of the molecule is CCN1CCN(CC(C)CNC(=NC)NCC(c2cccs2)N2CCC(C)CC2)CC1. The molecule has 31 heavy (non-hydrogen) atoms. The van der Waals surface area contributed by atoms with Gasteiger partial charge in [0.05, 0.1) is 6.04 Å². The standard InChI is InChI=1S/C24H44N6S/c1-5-28-12-14-29(15-13-28)19-21(3)17-26-24(25-4)27-18-22(23-7-6-16-31-23)30-10-8-20(2)9-11-30/h6-7,16,20-22H,5,8-15,17-19H2,1-4H3,(H2,25,26,27). The van der Waals surface area contributed by atoms with Crippen LogP contribution in [-0.4, -0.2) is 93.2 Å². The van der Waals surface area contributed by atoms with Gasteiger partial charge in [0.1, 0.15) is 0 Å². The van der Waals surface area contributed by atoms with E-state index >= 15 is 0 Å². The van der Waals surface area contributed by atoms with Crippen molar-refractivity contribution in [1.29, 1.82) is 0 Å². The maximum Gasteiger partial charge on any atom is 0.191 e. The Kier molecular flexibility index (Phi) is 10.1. The average Bonchev–Trinajstić information content (AvgIpc) is 3.32. The number of guanidine groups is 1. The van der Waals surface area contributed by atoms with Crippen molar-refractivity contribution >= 4 is 17.3 Å². The summed E-state index contributed by atoms with van der Waals surface area (Å²) in [6, 6.07) is 4.89. The van der Waals surface area contributed by atoms with Gasteiger partial charge in [0.25, 0.3) is 0 Å². The van der Waals surface area contributed by atoms with Gasteiger partial charge in [-0.15, -0.1) is 11.3 Å². The molecule has 3 rings (SSSR count). The molecule has 2 fully saturated rings. The minimum atomic E-state index is 0.429. The molecule has 2 saturated heterocycles. The third-order valence-electron chi connectivity index (χ3n) is 6.92. The Morgan fingerprint density at radius 2 is 1.77 bits per heavy atom. The number of piperidine rings is 1. The summed E-state index contributed by atoms with van der Waals surface area (Å²) in [5.74, 6) is 2.38. The summed E-state index contributed by atoms with van der Waals surface area (Å²) < 4.78 is 0. The summed E-state index contributed by atoms with van der Waals surface area (Å²) in [5, 5.41) is 9.40. The van der Waals surface area contributed by atoms with E-state index in [1.807, 2.05) is 18.4 Å². The molecule has 7 heteroatoms. The number of rotatable bonds is 9. The largest absolute Gasteiger partial charge is 0.356 e. The number of hydrogen-bond acceptors (Lipinski definition) is 5. The Bertz CT molecular complexity index is 633. The van der Waals surface area contributed by atoms with E-state index in [2.05, 4.69) is 68.6 Å². The number of nitrogens with one attached hydrogen (secondary N) is 2. The molecule has 2 N–H and O–H groups in total. The normalized spacial score (nSPS) is 22.4. The molecule has 1 aromatic rings. The molecule has 0 aromatic carbocycles. The third-order valence-corrected chi connectivity index (χ3v) is 7.89. The van der Waals surface area contributed by atoms with Gasteiger partial charge in [-0.25, -0.2) is 0 Å². The van der Waals surface area contributed by atoms with Crippen LogP contribution in [0.25, 0.3) is 0 Å². The monoisotopic (exact) mass is 448 g/mol. The van der Waals surface area contributed by atoms with E-state index in [9.17, 15) is 0 Å². The maximum absolute atomic E-state index is 4.50. The van der Waals surface area contributed by atoms with Crippen LogP contribution in [0.3, 0.4) is 0 Å². The van der Waals surface area contributed by atoms with Crippen molar-refractivity contribution in [3.05, 3.63) is 22.4 Å². The Balaban J connectivity index is 1.44. The van der Waals surface area contributed by atoms with Crippen molar-refractivity contribution in [3.8, 4) is 0 Å². The summed E-state index contributed by atoms with van der Waals surface area (Å²) in [6.45, 7) is 18.4. The molecule has 0 bridgehead atoms. The molecule has 2 unspecified atom stereocenters. The Hall–Kier alpha value is -1.15. The molecule has 2 atom stereocenters. The van der Waals surface area contributed by atoms with Crippen LogP contribution >= 0.6 is 11.3 Å². The summed E-state index contributed by atoms with van der Waals surface area (Å²) >= 11 is 1.87. The van der Waals surface area contributed by atoms with Crippen LogP contribution in [0, 0.1) is 11.8 Å². The highest BCUT2D eigenvalue weighted by molar-refractivity contribution is 7.10. The number of aliphatic imine (C=N–C) groups is 1. The lowest BCUT2D eigenvalue weighted by molar-refractivity contribution is 0.124. The lowest BCUT2D eigenvalue weighted by atomic mass is 9.97. The third kappa shape index (κ3) is 7.74. The molecular formula is C24H44N6S. The van der Waals surface area contributed by atoms with Crippen molar-refractivity contribution in [2.24, 2.45) is 16.8 Å². The van der Waals surface area contributed by atoms with Gasteiger partial charge in [-0.2, -0.15) is 0 Å². The summed E-state index contributed by atoms with van der Waals surface area (Å²) in [6.07, 6.45) is 2.61. The molecule has 0 amide bonds. The second-order valence-electron chi connectivity index (χ2n) is 9.42. The fourth-order valence-electron chi connectivity index (χ4n) is 4.71. The summed E-state index contributed by atoms with van der Waals surface area (Å²) in [4.78, 5) is 13.8. The molecule has 176 valence electrons. The van der Waals surface area contributed by atoms with Crippen LogP contribution in [0.4, 0.5) is 0 Å². The van der Waals surface area contributed by atoms with E-state index in [0.717, 1.165) is 31.5 Å². The van der Waals surface area contributed by atoms with Gasteiger partial charge in [-0.3, -0.25) is 9.89 Å². The molecule has 2 aliphatic rings. The zero-order valence-electron chi connectivity index (χ0n) is 20.1. The van der Waals surface area contributed by atoms with E-state index in [4.69, 9.17) is 0 Å². The van der Waals surface area contributed by atoms with Crippen LogP contribution in [-0.2, 0) is 0 Å². The molecular weight excluding hydrogens is 404 g/mol. The number of piperazine rings is 1. The van der Waals surface area contributed by atoms with Gasteiger partial charge in [0, 0.05) is 57.7 Å². The van der Waals surface area contributed by atoms with Crippen LogP contribution in [0.5, 0.6) is 0 Å².